The molecule has 5 rings (SSSR count). The zero-order chi connectivity index (χ0) is 26.4. The highest BCUT2D eigenvalue weighted by atomic mass is 16.2. The van der Waals surface area contributed by atoms with Crippen LogP contribution in [0, 0.1) is 20.8 Å². The van der Waals surface area contributed by atoms with Gasteiger partial charge in [0, 0.05) is 30.4 Å². The Balaban J connectivity index is 1.47. The van der Waals surface area contributed by atoms with Gasteiger partial charge in [-0.1, -0.05) is 48.5 Å². The fraction of sp³-hybridized carbons (Fsp3) is 0.241. The summed E-state index contributed by atoms with van der Waals surface area (Å²) in [5.41, 5.74) is 4.19. The van der Waals surface area contributed by atoms with Gasteiger partial charge in [0.15, 0.2) is 5.78 Å². The molecule has 2 amide bonds. The number of hydrogen-bond acceptors (Lipinski definition) is 4. The van der Waals surface area contributed by atoms with E-state index in [0.29, 0.717) is 22.6 Å². The lowest BCUT2D eigenvalue weighted by Crippen LogP contribution is -2.35. The van der Waals surface area contributed by atoms with Crippen molar-refractivity contribution >= 4 is 17.6 Å². The van der Waals surface area contributed by atoms with Crippen LogP contribution in [-0.4, -0.2) is 43.0 Å². The van der Waals surface area contributed by atoms with Crippen LogP contribution in [0.2, 0.25) is 0 Å². The van der Waals surface area contributed by atoms with Crippen LogP contribution < -0.4 is 5.56 Å². The van der Waals surface area contributed by atoms with E-state index in [1.807, 2.05) is 81.6 Å². The van der Waals surface area contributed by atoms with E-state index >= 15 is 0 Å². The van der Waals surface area contributed by atoms with E-state index in [-0.39, 0.29) is 36.1 Å². The number of carbonyl (C=O) groups excluding carboxylic acids is 3. The SMILES string of the molecule is Cc1cc(C(=O)CN2C(=O)C[C@H](c3ccccc3)C2=O)c(C)n1-c1c(C)n(C)n(-c2ccccc2)c1=O. The molecule has 37 heavy (non-hydrogen) atoms. The molecule has 2 aromatic carbocycles. The van der Waals surface area contributed by atoms with Crippen molar-refractivity contribution in [3.05, 3.63) is 105 Å². The Morgan fingerprint density at radius 1 is 0.892 bits per heavy atom. The fourth-order valence-electron chi connectivity index (χ4n) is 5.22. The number of amides is 2. The quantitative estimate of drug-likeness (QED) is 0.301. The van der Waals surface area contributed by atoms with E-state index in [1.165, 1.54) is 0 Å². The summed E-state index contributed by atoms with van der Waals surface area (Å²) < 4.78 is 5.17. The lowest BCUT2D eigenvalue weighted by molar-refractivity contribution is -0.138. The van der Waals surface area contributed by atoms with Gasteiger partial charge in [-0.2, -0.15) is 0 Å². The van der Waals surface area contributed by atoms with Crippen molar-refractivity contribution in [3.63, 3.8) is 0 Å². The van der Waals surface area contributed by atoms with Crippen LogP contribution in [0.5, 0.6) is 0 Å². The Labute approximate surface area is 214 Å². The van der Waals surface area contributed by atoms with Gasteiger partial charge in [0.25, 0.3) is 5.56 Å². The van der Waals surface area contributed by atoms with E-state index < -0.39 is 5.92 Å². The molecule has 0 N–H and O–H groups in total. The first kappa shape index (κ1) is 24.2. The zero-order valence-electron chi connectivity index (χ0n) is 21.3. The number of benzene rings is 2. The lowest BCUT2D eigenvalue weighted by Gasteiger charge is -2.14. The average molecular weight is 497 g/mol. The van der Waals surface area contributed by atoms with Crippen molar-refractivity contribution in [3.8, 4) is 11.4 Å². The third-order valence-corrected chi connectivity index (χ3v) is 7.23. The molecule has 0 bridgehead atoms. The van der Waals surface area contributed by atoms with Gasteiger partial charge in [0.2, 0.25) is 11.8 Å². The first-order chi connectivity index (χ1) is 17.7. The smallest absolute Gasteiger partial charge is 0.295 e. The highest BCUT2D eigenvalue weighted by molar-refractivity contribution is 6.10. The molecular weight excluding hydrogens is 468 g/mol. The number of para-hydroxylation sites is 1. The second kappa shape index (κ2) is 9.20. The minimum Gasteiger partial charge on any atom is -0.311 e. The molecule has 2 aromatic heterocycles. The molecule has 4 aromatic rings. The molecule has 1 saturated heterocycles. The number of aryl methyl sites for hydroxylation is 1. The van der Waals surface area contributed by atoms with Gasteiger partial charge in [0.05, 0.1) is 23.8 Å². The van der Waals surface area contributed by atoms with Crippen LogP contribution in [0.15, 0.2) is 71.5 Å². The van der Waals surface area contributed by atoms with E-state index in [1.54, 1.807) is 26.9 Å². The van der Waals surface area contributed by atoms with Crippen LogP contribution >= 0.6 is 0 Å². The maximum absolute atomic E-state index is 13.6. The number of carbonyl (C=O) groups is 3. The minimum absolute atomic E-state index is 0.0530. The summed E-state index contributed by atoms with van der Waals surface area (Å²) in [4.78, 5) is 53.7. The summed E-state index contributed by atoms with van der Waals surface area (Å²) in [7, 11) is 1.82. The van der Waals surface area contributed by atoms with Crippen LogP contribution in [0.3, 0.4) is 0 Å². The van der Waals surface area contributed by atoms with Gasteiger partial charge in [0.1, 0.15) is 5.69 Å². The molecule has 1 aliphatic rings. The van der Waals surface area contributed by atoms with Gasteiger partial charge in [-0.05, 0) is 44.5 Å². The molecule has 188 valence electrons. The van der Waals surface area contributed by atoms with Crippen molar-refractivity contribution in [1.82, 2.24) is 18.8 Å². The number of aromatic nitrogens is 3. The molecule has 0 spiro atoms. The summed E-state index contributed by atoms with van der Waals surface area (Å²) >= 11 is 0. The molecule has 0 aliphatic carbocycles. The van der Waals surface area contributed by atoms with Gasteiger partial charge in [-0.3, -0.25) is 28.8 Å². The van der Waals surface area contributed by atoms with Gasteiger partial charge in [-0.15, -0.1) is 0 Å². The van der Waals surface area contributed by atoms with Crippen LogP contribution in [0.25, 0.3) is 11.4 Å². The number of hydrogen-bond donors (Lipinski definition) is 0. The van der Waals surface area contributed by atoms with Crippen molar-refractivity contribution in [2.45, 2.75) is 33.1 Å². The Morgan fingerprint density at radius 3 is 2.16 bits per heavy atom. The summed E-state index contributed by atoms with van der Waals surface area (Å²) in [6.07, 6.45) is 0.0530. The fourth-order valence-corrected chi connectivity index (χ4v) is 5.22. The number of nitrogens with zero attached hydrogens (tertiary/aromatic N) is 4. The molecule has 8 heteroatoms. The van der Waals surface area contributed by atoms with E-state index in [2.05, 4.69) is 0 Å². The van der Waals surface area contributed by atoms with Gasteiger partial charge in [-0.25, -0.2) is 4.68 Å². The average Bonchev–Trinajstić information content (AvgIpc) is 3.43. The molecule has 1 fully saturated rings. The number of Topliss-reactive ketones (excluding diaryl/α,β-unsaturated/α-hetero) is 1. The number of rotatable bonds is 6. The van der Waals surface area contributed by atoms with Crippen LogP contribution in [0.1, 0.15) is 45.3 Å². The maximum atomic E-state index is 13.6. The van der Waals surface area contributed by atoms with E-state index in [0.717, 1.165) is 21.8 Å². The summed E-state index contributed by atoms with van der Waals surface area (Å²) in [5, 5.41) is 0. The Morgan fingerprint density at radius 2 is 1.51 bits per heavy atom. The summed E-state index contributed by atoms with van der Waals surface area (Å²) in [6, 6.07) is 20.2. The van der Waals surface area contributed by atoms with Crippen molar-refractivity contribution < 1.29 is 14.4 Å². The standard InChI is InChI=1S/C29H28N4O4/c1-18-15-23(25(34)17-31-26(35)16-24(28(31)36)21-11-7-5-8-12-21)19(2)32(18)27-20(3)30(4)33(29(27)37)22-13-9-6-10-14-22/h5-15,24H,16-17H2,1-4H3/t24-/m1/s1. The number of imide groups is 1. The van der Waals surface area contributed by atoms with Crippen LogP contribution in [0.4, 0.5) is 0 Å². The Bertz CT molecular complexity index is 1590. The second-order valence-corrected chi connectivity index (χ2v) is 9.44. The second-order valence-electron chi connectivity index (χ2n) is 9.44. The zero-order valence-corrected chi connectivity index (χ0v) is 21.3. The molecule has 0 unspecified atom stereocenters. The normalized spacial score (nSPS) is 15.6. The third-order valence-electron chi connectivity index (χ3n) is 7.23. The van der Waals surface area contributed by atoms with Crippen molar-refractivity contribution in [2.24, 2.45) is 7.05 Å². The highest BCUT2D eigenvalue weighted by Gasteiger charge is 2.40. The largest absolute Gasteiger partial charge is 0.311 e. The molecule has 1 atom stereocenters. The van der Waals surface area contributed by atoms with E-state index in [9.17, 15) is 19.2 Å². The monoisotopic (exact) mass is 496 g/mol. The predicted molar refractivity (Wildman–Crippen MR) is 139 cm³/mol. The van der Waals surface area contributed by atoms with Crippen molar-refractivity contribution in [2.75, 3.05) is 6.54 Å². The summed E-state index contributed by atoms with van der Waals surface area (Å²) in [5.74, 6) is -1.63. The third kappa shape index (κ3) is 3.94. The molecule has 0 radical (unpaired) electrons. The van der Waals surface area contributed by atoms with Gasteiger partial charge >= 0.3 is 0 Å². The first-order valence-electron chi connectivity index (χ1n) is 12.2. The van der Waals surface area contributed by atoms with Crippen LogP contribution in [-0.2, 0) is 16.6 Å². The van der Waals surface area contributed by atoms with Gasteiger partial charge < -0.3 is 4.57 Å². The van der Waals surface area contributed by atoms with Crippen molar-refractivity contribution in [1.29, 1.82) is 0 Å². The molecule has 0 saturated carbocycles. The Kier molecular flexibility index (Phi) is 6.03. The molecule has 8 nitrogen and oxygen atoms in total. The maximum Gasteiger partial charge on any atom is 0.295 e. The molecule has 1 aliphatic heterocycles. The first-order valence-corrected chi connectivity index (χ1v) is 12.2. The highest BCUT2D eigenvalue weighted by Crippen LogP contribution is 2.30. The lowest BCUT2D eigenvalue weighted by atomic mass is 9.98. The molecule has 3 heterocycles. The Hall–Kier alpha value is -4.46. The van der Waals surface area contributed by atoms with E-state index in [4.69, 9.17) is 0 Å². The number of ketones is 1. The topological polar surface area (TPSA) is 86.3 Å². The minimum atomic E-state index is -0.572. The summed E-state index contributed by atoms with van der Waals surface area (Å²) in [6.45, 7) is 5.15. The predicted octanol–water partition coefficient (Wildman–Crippen LogP) is 3.62. The molecular formula is C29H28N4O4. The number of likely N-dealkylation sites (tertiary alicyclic amines) is 1.